The highest BCUT2D eigenvalue weighted by Crippen LogP contribution is 2.31. The van der Waals surface area contributed by atoms with Crippen LogP contribution >= 0.6 is 27.5 Å². The van der Waals surface area contributed by atoms with Crippen LogP contribution in [0.25, 0.3) is 0 Å². The molecule has 1 aliphatic heterocycles. The van der Waals surface area contributed by atoms with Gasteiger partial charge >= 0.3 is 6.09 Å². The van der Waals surface area contributed by atoms with Crippen molar-refractivity contribution in [2.75, 3.05) is 26.4 Å². The van der Waals surface area contributed by atoms with E-state index in [9.17, 15) is 4.79 Å². The van der Waals surface area contributed by atoms with E-state index in [-0.39, 0.29) is 12.1 Å². The molecular formula is C17H23BrClNO3. The molecule has 0 aromatic heterocycles. The van der Waals surface area contributed by atoms with E-state index in [0.29, 0.717) is 31.4 Å². The van der Waals surface area contributed by atoms with E-state index in [1.165, 1.54) is 0 Å². The van der Waals surface area contributed by atoms with Gasteiger partial charge in [0.25, 0.3) is 0 Å². The molecule has 1 aliphatic rings. The second-order valence-corrected chi connectivity index (χ2v) is 6.56. The van der Waals surface area contributed by atoms with Crippen LogP contribution in [0.5, 0.6) is 0 Å². The van der Waals surface area contributed by atoms with E-state index < -0.39 is 0 Å². The van der Waals surface area contributed by atoms with Crippen molar-refractivity contribution in [2.45, 2.75) is 37.6 Å². The van der Waals surface area contributed by atoms with E-state index in [4.69, 9.17) is 21.1 Å². The van der Waals surface area contributed by atoms with Crippen molar-refractivity contribution in [3.63, 3.8) is 0 Å². The van der Waals surface area contributed by atoms with Crippen LogP contribution in [0.3, 0.4) is 0 Å². The summed E-state index contributed by atoms with van der Waals surface area (Å²) in [5, 5.41) is 1.40. The number of alkyl halides is 1. The molecular weight excluding hydrogens is 382 g/mol. The third-order valence-electron chi connectivity index (χ3n) is 3.88. The van der Waals surface area contributed by atoms with Gasteiger partial charge in [-0.3, -0.25) is 4.90 Å². The van der Waals surface area contributed by atoms with E-state index in [0.717, 1.165) is 35.7 Å². The fraction of sp³-hybridized carbons (Fsp3) is 0.588. The number of ether oxygens (including phenoxy) is 2. The average molecular weight is 405 g/mol. The molecule has 23 heavy (non-hydrogen) atoms. The van der Waals surface area contributed by atoms with Crippen molar-refractivity contribution in [3.8, 4) is 0 Å². The van der Waals surface area contributed by atoms with Crippen LogP contribution in [0.2, 0.25) is 5.02 Å². The van der Waals surface area contributed by atoms with Crippen LogP contribution < -0.4 is 0 Å². The summed E-state index contributed by atoms with van der Waals surface area (Å²) < 4.78 is 11.1. The molecule has 1 amide bonds. The molecule has 2 rings (SSSR count). The average Bonchev–Trinajstić information content (AvgIpc) is 2.80. The zero-order chi connectivity index (χ0) is 16.7. The molecule has 1 fully saturated rings. The van der Waals surface area contributed by atoms with Crippen LogP contribution in [0.4, 0.5) is 4.79 Å². The minimum atomic E-state index is -0.283. The van der Waals surface area contributed by atoms with Crippen molar-refractivity contribution in [1.82, 2.24) is 4.90 Å². The largest absolute Gasteiger partial charge is 0.449 e. The second kappa shape index (κ2) is 9.50. The van der Waals surface area contributed by atoms with Crippen molar-refractivity contribution >= 4 is 33.6 Å². The lowest BCUT2D eigenvalue weighted by atomic mass is 10.0. The first kappa shape index (κ1) is 18.6. The Morgan fingerprint density at radius 1 is 1.52 bits per heavy atom. The minimum absolute atomic E-state index is 0.205. The molecule has 1 heterocycles. The standard InChI is InChI=1S/C17H23BrClNO3/c1-2-3-9-23-17(21)20-7-4-8-22-12-16(20)14-6-5-13(11-18)10-15(14)19/h5-6,10,16H,2-4,7-9,11-12H2,1H3. The fourth-order valence-corrected chi connectivity index (χ4v) is 3.24. The Bertz CT molecular complexity index is 527. The SMILES string of the molecule is CCCCOC(=O)N1CCCOCC1c1ccc(CBr)cc1Cl. The first-order chi connectivity index (χ1) is 11.2. The Morgan fingerprint density at radius 2 is 2.35 bits per heavy atom. The van der Waals surface area contributed by atoms with Crippen molar-refractivity contribution < 1.29 is 14.3 Å². The molecule has 0 aliphatic carbocycles. The number of unbranched alkanes of at least 4 members (excludes halogenated alkanes) is 1. The lowest BCUT2D eigenvalue weighted by Crippen LogP contribution is -2.37. The van der Waals surface area contributed by atoms with Gasteiger partial charge in [-0.15, -0.1) is 0 Å². The number of carbonyl (C=O) groups excluding carboxylic acids is 1. The van der Waals surface area contributed by atoms with Gasteiger partial charge in [-0.2, -0.15) is 0 Å². The summed E-state index contributed by atoms with van der Waals surface area (Å²) >= 11 is 9.86. The van der Waals surface area contributed by atoms with Gasteiger partial charge in [0.15, 0.2) is 0 Å². The number of carbonyl (C=O) groups is 1. The molecule has 0 spiro atoms. The van der Waals surface area contributed by atoms with E-state index >= 15 is 0 Å². The molecule has 1 saturated heterocycles. The van der Waals surface area contributed by atoms with Gasteiger partial charge in [0.2, 0.25) is 0 Å². The van der Waals surface area contributed by atoms with Crippen LogP contribution in [0, 0.1) is 0 Å². The van der Waals surface area contributed by atoms with Crippen LogP contribution in [-0.2, 0) is 14.8 Å². The number of amides is 1. The zero-order valence-electron chi connectivity index (χ0n) is 13.4. The Balaban J connectivity index is 2.19. The quantitative estimate of drug-likeness (QED) is 0.515. The summed E-state index contributed by atoms with van der Waals surface area (Å²) in [5.74, 6) is 0. The molecule has 128 valence electrons. The predicted molar refractivity (Wildman–Crippen MR) is 95.2 cm³/mol. The summed E-state index contributed by atoms with van der Waals surface area (Å²) in [6, 6.07) is 5.71. The first-order valence-corrected chi connectivity index (χ1v) is 9.52. The highest BCUT2D eigenvalue weighted by atomic mass is 79.9. The van der Waals surface area contributed by atoms with Crippen LogP contribution in [-0.4, -0.2) is 37.4 Å². The minimum Gasteiger partial charge on any atom is -0.449 e. The third-order valence-corrected chi connectivity index (χ3v) is 4.85. The van der Waals surface area contributed by atoms with Gasteiger partial charge in [0.05, 0.1) is 19.3 Å². The predicted octanol–water partition coefficient (Wildman–Crippen LogP) is 4.94. The lowest BCUT2D eigenvalue weighted by Gasteiger charge is -2.29. The van der Waals surface area contributed by atoms with Crippen molar-refractivity contribution in [1.29, 1.82) is 0 Å². The maximum Gasteiger partial charge on any atom is 0.410 e. The summed E-state index contributed by atoms with van der Waals surface area (Å²) in [7, 11) is 0. The molecule has 0 N–H and O–H groups in total. The smallest absolute Gasteiger partial charge is 0.410 e. The molecule has 0 saturated carbocycles. The first-order valence-electron chi connectivity index (χ1n) is 8.02. The zero-order valence-corrected chi connectivity index (χ0v) is 15.7. The van der Waals surface area contributed by atoms with Gasteiger partial charge in [-0.05, 0) is 30.0 Å². The maximum atomic E-state index is 12.4. The molecule has 4 nitrogen and oxygen atoms in total. The Labute approximate surface area is 151 Å². The van der Waals surface area contributed by atoms with E-state index in [2.05, 4.69) is 22.9 Å². The topological polar surface area (TPSA) is 38.8 Å². The number of hydrogen-bond acceptors (Lipinski definition) is 3. The highest BCUT2D eigenvalue weighted by Gasteiger charge is 2.29. The van der Waals surface area contributed by atoms with Gasteiger partial charge in [0.1, 0.15) is 0 Å². The van der Waals surface area contributed by atoms with Gasteiger partial charge < -0.3 is 9.47 Å². The summed E-state index contributed by atoms with van der Waals surface area (Å²) in [4.78, 5) is 14.2. The molecule has 1 aromatic rings. The van der Waals surface area contributed by atoms with E-state index in [1.54, 1.807) is 4.90 Å². The lowest BCUT2D eigenvalue weighted by molar-refractivity contribution is 0.0685. The van der Waals surface area contributed by atoms with Crippen LogP contribution in [0.1, 0.15) is 43.4 Å². The highest BCUT2D eigenvalue weighted by molar-refractivity contribution is 9.08. The normalized spacial score (nSPS) is 18.6. The summed E-state index contributed by atoms with van der Waals surface area (Å²) in [6.45, 7) is 4.23. The molecule has 1 unspecified atom stereocenters. The second-order valence-electron chi connectivity index (χ2n) is 5.60. The number of hydrogen-bond donors (Lipinski definition) is 0. The monoisotopic (exact) mass is 403 g/mol. The Morgan fingerprint density at radius 3 is 3.04 bits per heavy atom. The summed E-state index contributed by atoms with van der Waals surface area (Å²) in [5.41, 5.74) is 2.01. The Hall–Kier alpha value is -0.780. The number of halogens is 2. The van der Waals surface area contributed by atoms with Crippen LogP contribution in [0.15, 0.2) is 18.2 Å². The van der Waals surface area contributed by atoms with Gasteiger partial charge in [-0.25, -0.2) is 4.79 Å². The number of benzene rings is 1. The third kappa shape index (κ3) is 5.10. The van der Waals surface area contributed by atoms with Gasteiger partial charge in [0, 0.05) is 23.5 Å². The van der Waals surface area contributed by atoms with Gasteiger partial charge in [-0.1, -0.05) is 53.0 Å². The Kier molecular flexibility index (Phi) is 7.66. The fourth-order valence-electron chi connectivity index (χ4n) is 2.56. The molecule has 6 heteroatoms. The van der Waals surface area contributed by atoms with Crippen molar-refractivity contribution in [3.05, 3.63) is 34.3 Å². The molecule has 0 radical (unpaired) electrons. The number of rotatable bonds is 5. The molecule has 1 aromatic carbocycles. The molecule has 1 atom stereocenters. The van der Waals surface area contributed by atoms with E-state index in [1.807, 2.05) is 18.2 Å². The molecule has 0 bridgehead atoms. The maximum absolute atomic E-state index is 12.4. The summed E-state index contributed by atoms with van der Waals surface area (Å²) in [6.07, 6.45) is 2.40. The number of nitrogens with zero attached hydrogens (tertiary/aromatic N) is 1. The van der Waals surface area contributed by atoms with Crippen molar-refractivity contribution in [2.24, 2.45) is 0 Å².